The SMILES string of the molecule is N#Cc1cccc(CNCCC2CCCC2)c1. The highest BCUT2D eigenvalue weighted by Gasteiger charge is 2.13. The minimum absolute atomic E-state index is 0.750. The maximum atomic E-state index is 8.81. The zero-order valence-electron chi connectivity index (χ0n) is 10.3. The molecule has 0 atom stereocenters. The lowest BCUT2D eigenvalue weighted by Gasteiger charge is -2.09. The Balaban J connectivity index is 1.68. The summed E-state index contributed by atoms with van der Waals surface area (Å²) >= 11 is 0. The fraction of sp³-hybridized carbons (Fsp3) is 0.533. The molecule has 0 bridgehead atoms. The fourth-order valence-electron chi connectivity index (χ4n) is 2.59. The lowest BCUT2D eigenvalue weighted by molar-refractivity contribution is 0.477. The van der Waals surface area contributed by atoms with Gasteiger partial charge in [0.05, 0.1) is 11.6 Å². The van der Waals surface area contributed by atoms with Crippen LogP contribution in [0.3, 0.4) is 0 Å². The second-order valence-corrected chi connectivity index (χ2v) is 4.93. The van der Waals surface area contributed by atoms with Gasteiger partial charge in [-0.15, -0.1) is 0 Å². The van der Waals surface area contributed by atoms with Crippen LogP contribution >= 0.6 is 0 Å². The molecule has 1 saturated carbocycles. The molecule has 2 nitrogen and oxygen atoms in total. The van der Waals surface area contributed by atoms with Gasteiger partial charge in [-0.2, -0.15) is 5.26 Å². The standard InChI is InChI=1S/C15H20N2/c16-11-14-6-3-7-15(10-14)12-17-9-8-13-4-1-2-5-13/h3,6-7,10,13,17H,1-2,4-5,8-9,12H2. The van der Waals surface area contributed by atoms with Gasteiger partial charge in [-0.1, -0.05) is 37.8 Å². The third-order valence-electron chi connectivity index (χ3n) is 3.59. The van der Waals surface area contributed by atoms with E-state index in [2.05, 4.69) is 17.5 Å². The van der Waals surface area contributed by atoms with Crippen LogP contribution in [0.2, 0.25) is 0 Å². The maximum absolute atomic E-state index is 8.81. The lowest BCUT2D eigenvalue weighted by atomic mass is 10.0. The summed E-state index contributed by atoms with van der Waals surface area (Å²) < 4.78 is 0. The van der Waals surface area contributed by atoms with E-state index >= 15 is 0 Å². The van der Waals surface area contributed by atoms with Crippen molar-refractivity contribution in [2.24, 2.45) is 5.92 Å². The van der Waals surface area contributed by atoms with Gasteiger partial charge in [0.15, 0.2) is 0 Å². The Labute approximate surface area is 104 Å². The number of nitrogens with zero attached hydrogens (tertiary/aromatic N) is 1. The number of nitriles is 1. The van der Waals surface area contributed by atoms with Gasteiger partial charge < -0.3 is 5.32 Å². The number of hydrogen-bond donors (Lipinski definition) is 1. The summed E-state index contributed by atoms with van der Waals surface area (Å²) in [5.74, 6) is 0.952. The van der Waals surface area contributed by atoms with Crippen LogP contribution in [0.25, 0.3) is 0 Å². The summed E-state index contributed by atoms with van der Waals surface area (Å²) in [6.45, 7) is 1.98. The van der Waals surface area contributed by atoms with Gasteiger partial charge >= 0.3 is 0 Å². The van der Waals surface area contributed by atoms with Crippen molar-refractivity contribution in [1.82, 2.24) is 5.32 Å². The summed E-state index contributed by atoms with van der Waals surface area (Å²) in [4.78, 5) is 0. The number of nitrogens with one attached hydrogen (secondary N) is 1. The van der Waals surface area contributed by atoms with Crippen molar-refractivity contribution in [3.63, 3.8) is 0 Å². The summed E-state index contributed by atoms with van der Waals surface area (Å²) in [6, 6.07) is 10.0. The highest BCUT2D eigenvalue weighted by Crippen LogP contribution is 2.26. The third kappa shape index (κ3) is 3.87. The molecule has 1 aromatic rings. The highest BCUT2D eigenvalue weighted by molar-refractivity contribution is 5.32. The molecular weight excluding hydrogens is 208 g/mol. The average Bonchev–Trinajstić information content (AvgIpc) is 2.88. The van der Waals surface area contributed by atoms with Gasteiger partial charge in [0.2, 0.25) is 0 Å². The van der Waals surface area contributed by atoms with E-state index in [4.69, 9.17) is 5.26 Å². The smallest absolute Gasteiger partial charge is 0.0991 e. The van der Waals surface area contributed by atoms with Gasteiger partial charge in [-0.25, -0.2) is 0 Å². The van der Waals surface area contributed by atoms with E-state index in [0.29, 0.717) is 0 Å². The molecular formula is C15H20N2. The van der Waals surface area contributed by atoms with Crippen LogP contribution in [0, 0.1) is 17.2 Å². The zero-order chi connectivity index (χ0) is 11.9. The minimum atomic E-state index is 0.750. The molecule has 1 fully saturated rings. The first-order valence-electron chi connectivity index (χ1n) is 6.58. The molecule has 2 heteroatoms. The molecule has 2 rings (SSSR count). The molecule has 0 radical (unpaired) electrons. The molecule has 0 amide bonds. The van der Waals surface area contributed by atoms with E-state index in [1.54, 1.807) is 0 Å². The van der Waals surface area contributed by atoms with Crippen LogP contribution in [0.4, 0.5) is 0 Å². The van der Waals surface area contributed by atoms with E-state index in [0.717, 1.165) is 24.6 Å². The number of hydrogen-bond acceptors (Lipinski definition) is 2. The average molecular weight is 228 g/mol. The van der Waals surface area contributed by atoms with Gasteiger partial charge in [-0.05, 0) is 36.6 Å². The molecule has 0 saturated heterocycles. The fourth-order valence-corrected chi connectivity index (χ4v) is 2.59. The Morgan fingerprint density at radius 2 is 2.12 bits per heavy atom. The largest absolute Gasteiger partial charge is 0.313 e. The van der Waals surface area contributed by atoms with Crippen molar-refractivity contribution < 1.29 is 0 Å². The third-order valence-corrected chi connectivity index (χ3v) is 3.59. The van der Waals surface area contributed by atoms with Gasteiger partial charge in [0.1, 0.15) is 0 Å². The predicted molar refractivity (Wildman–Crippen MR) is 69.4 cm³/mol. The second kappa shape index (κ2) is 6.42. The van der Waals surface area contributed by atoms with Gasteiger partial charge in [-0.3, -0.25) is 0 Å². The lowest BCUT2D eigenvalue weighted by Crippen LogP contribution is -2.17. The molecule has 90 valence electrons. The van der Waals surface area contributed by atoms with Crippen molar-refractivity contribution in [1.29, 1.82) is 5.26 Å². The Bertz CT molecular complexity index is 386. The van der Waals surface area contributed by atoms with Crippen LogP contribution in [0.1, 0.15) is 43.2 Å². The van der Waals surface area contributed by atoms with E-state index < -0.39 is 0 Å². The summed E-state index contributed by atoms with van der Waals surface area (Å²) in [5, 5.41) is 12.3. The molecule has 1 aromatic carbocycles. The molecule has 0 heterocycles. The second-order valence-electron chi connectivity index (χ2n) is 4.93. The Morgan fingerprint density at radius 1 is 1.29 bits per heavy atom. The summed E-state index contributed by atoms with van der Waals surface area (Å²) in [7, 11) is 0. The van der Waals surface area contributed by atoms with Crippen LogP contribution in [-0.4, -0.2) is 6.54 Å². The highest BCUT2D eigenvalue weighted by atomic mass is 14.8. The van der Waals surface area contributed by atoms with E-state index in [1.807, 2.05) is 18.2 Å². The number of benzene rings is 1. The van der Waals surface area contributed by atoms with E-state index in [1.165, 1.54) is 37.7 Å². The van der Waals surface area contributed by atoms with E-state index in [9.17, 15) is 0 Å². The van der Waals surface area contributed by atoms with Crippen LogP contribution in [-0.2, 0) is 6.54 Å². The van der Waals surface area contributed by atoms with Crippen molar-refractivity contribution in [3.8, 4) is 6.07 Å². The van der Waals surface area contributed by atoms with Crippen molar-refractivity contribution in [2.45, 2.75) is 38.6 Å². The molecule has 1 N–H and O–H groups in total. The molecule has 0 spiro atoms. The molecule has 0 aromatic heterocycles. The van der Waals surface area contributed by atoms with Crippen LogP contribution in [0.15, 0.2) is 24.3 Å². The predicted octanol–water partition coefficient (Wildman–Crippen LogP) is 3.23. The maximum Gasteiger partial charge on any atom is 0.0991 e. The Hall–Kier alpha value is -1.33. The first kappa shape index (κ1) is 12.1. The van der Waals surface area contributed by atoms with Crippen molar-refractivity contribution in [3.05, 3.63) is 35.4 Å². The molecule has 17 heavy (non-hydrogen) atoms. The monoisotopic (exact) mass is 228 g/mol. The topological polar surface area (TPSA) is 35.8 Å². The number of rotatable bonds is 5. The first-order valence-corrected chi connectivity index (χ1v) is 6.58. The molecule has 0 aliphatic heterocycles. The van der Waals surface area contributed by atoms with E-state index in [-0.39, 0.29) is 0 Å². The quantitative estimate of drug-likeness (QED) is 0.785. The normalized spacial score (nSPS) is 15.9. The molecule has 1 aliphatic carbocycles. The van der Waals surface area contributed by atoms with Crippen LogP contribution in [0.5, 0.6) is 0 Å². The summed E-state index contributed by atoms with van der Waals surface area (Å²) in [6.07, 6.45) is 7.00. The van der Waals surface area contributed by atoms with Crippen molar-refractivity contribution in [2.75, 3.05) is 6.54 Å². The summed E-state index contributed by atoms with van der Waals surface area (Å²) in [5.41, 5.74) is 1.95. The Kier molecular flexibility index (Phi) is 4.58. The van der Waals surface area contributed by atoms with Crippen molar-refractivity contribution >= 4 is 0 Å². The molecule has 1 aliphatic rings. The first-order chi connectivity index (χ1) is 8.38. The molecule has 0 unspecified atom stereocenters. The van der Waals surface area contributed by atoms with Gasteiger partial charge in [0, 0.05) is 6.54 Å². The van der Waals surface area contributed by atoms with Crippen LogP contribution < -0.4 is 5.32 Å². The van der Waals surface area contributed by atoms with Gasteiger partial charge in [0.25, 0.3) is 0 Å². The zero-order valence-corrected chi connectivity index (χ0v) is 10.3. The Morgan fingerprint density at radius 3 is 2.88 bits per heavy atom. The minimum Gasteiger partial charge on any atom is -0.313 e.